The molecule has 0 saturated carbocycles. The summed E-state index contributed by atoms with van der Waals surface area (Å²) in [5.41, 5.74) is 3.95. The molecule has 0 aliphatic heterocycles. The Balaban J connectivity index is 3.23. The Morgan fingerprint density at radius 1 is 1.44 bits per heavy atom. The van der Waals surface area contributed by atoms with Crippen LogP contribution in [-0.2, 0) is 11.0 Å². The molecule has 16 heavy (non-hydrogen) atoms. The van der Waals surface area contributed by atoms with E-state index >= 15 is 0 Å². The summed E-state index contributed by atoms with van der Waals surface area (Å²) in [7, 11) is 0. The Morgan fingerprint density at radius 3 is 2.44 bits per heavy atom. The summed E-state index contributed by atoms with van der Waals surface area (Å²) in [4.78, 5) is 10.5. The number of alkyl halides is 3. The Morgan fingerprint density at radius 2 is 2.00 bits per heavy atom. The highest BCUT2D eigenvalue weighted by molar-refractivity contribution is 6.31. The topological polar surface area (TPSA) is 63.3 Å². The third kappa shape index (κ3) is 2.65. The number of hydrogen-bond donors (Lipinski definition) is 2. The predicted molar refractivity (Wildman–Crippen MR) is 51.0 cm³/mol. The Bertz CT molecular complexity index is 420. The molecular formula is C9H7ClF3NO2. The van der Waals surface area contributed by atoms with Crippen molar-refractivity contribution in [3.8, 4) is 0 Å². The minimum atomic E-state index is -4.63. The zero-order valence-corrected chi connectivity index (χ0v) is 8.51. The third-order valence-corrected chi connectivity index (χ3v) is 2.25. The lowest BCUT2D eigenvalue weighted by atomic mass is 10.0. The lowest BCUT2D eigenvalue weighted by molar-refractivity contribution is -0.140. The summed E-state index contributed by atoms with van der Waals surface area (Å²) in [5, 5.41) is 8.07. The van der Waals surface area contributed by atoms with Crippen molar-refractivity contribution >= 4 is 17.6 Å². The Kier molecular flexibility index (Phi) is 3.44. The van der Waals surface area contributed by atoms with E-state index in [4.69, 9.17) is 22.4 Å². The number of carboxylic acid groups (broad SMARTS) is 1. The fourth-order valence-electron chi connectivity index (χ4n) is 1.10. The molecule has 0 heterocycles. The second-order valence-electron chi connectivity index (χ2n) is 3.05. The zero-order valence-electron chi connectivity index (χ0n) is 7.75. The fourth-order valence-corrected chi connectivity index (χ4v) is 1.32. The number of benzene rings is 1. The van der Waals surface area contributed by atoms with Crippen LogP contribution in [0.3, 0.4) is 0 Å². The van der Waals surface area contributed by atoms with Gasteiger partial charge < -0.3 is 10.8 Å². The van der Waals surface area contributed by atoms with Crippen molar-refractivity contribution in [3.05, 3.63) is 34.3 Å². The van der Waals surface area contributed by atoms with Crippen molar-refractivity contribution in [3.63, 3.8) is 0 Å². The van der Waals surface area contributed by atoms with Gasteiger partial charge in [-0.15, -0.1) is 0 Å². The van der Waals surface area contributed by atoms with Gasteiger partial charge in [-0.1, -0.05) is 17.7 Å². The van der Waals surface area contributed by atoms with Gasteiger partial charge in [0.25, 0.3) is 0 Å². The molecule has 3 N–H and O–H groups in total. The second-order valence-corrected chi connectivity index (χ2v) is 3.46. The van der Waals surface area contributed by atoms with Crippen molar-refractivity contribution in [2.45, 2.75) is 12.2 Å². The molecule has 1 atom stereocenters. The number of carboxylic acids is 1. The molecule has 1 aromatic carbocycles. The van der Waals surface area contributed by atoms with Crippen LogP contribution >= 0.6 is 11.6 Å². The summed E-state index contributed by atoms with van der Waals surface area (Å²) in [5.74, 6) is -1.41. The molecule has 0 aliphatic carbocycles. The van der Waals surface area contributed by atoms with Gasteiger partial charge in [-0.2, -0.15) is 13.2 Å². The molecule has 1 aromatic rings. The molecule has 0 radical (unpaired) electrons. The van der Waals surface area contributed by atoms with Gasteiger partial charge in [-0.3, -0.25) is 4.79 Å². The van der Waals surface area contributed by atoms with Crippen LogP contribution in [0.2, 0.25) is 5.02 Å². The predicted octanol–water partition coefficient (Wildman–Crippen LogP) is 2.44. The van der Waals surface area contributed by atoms with Crippen LogP contribution in [0.5, 0.6) is 0 Å². The van der Waals surface area contributed by atoms with E-state index in [9.17, 15) is 18.0 Å². The average Bonchev–Trinajstić information content (AvgIpc) is 2.15. The molecule has 1 rings (SSSR count). The van der Waals surface area contributed by atoms with Crippen LogP contribution in [-0.4, -0.2) is 11.1 Å². The van der Waals surface area contributed by atoms with Gasteiger partial charge in [0, 0.05) is 0 Å². The highest BCUT2D eigenvalue weighted by atomic mass is 35.5. The van der Waals surface area contributed by atoms with Gasteiger partial charge in [0.15, 0.2) is 0 Å². The van der Waals surface area contributed by atoms with Crippen LogP contribution in [0.1, 0.15) is 17.2 Å². The summed E-state index contributed by atoms with van der Waals surface area (Å²) in [6.45, 7) is 0. The first-order valence-corrected chi connectivity index (χ1v) is 4.46. The number of hydrogen-bond acceptors (Lipinski definition) is 2. The number of carbonyl (C=O) groups is 1. The maximum atomic E-state index is 12.4. The van der Waals surface area contributed by atoms with Gasteiger partial charge in [0.05, 0.1) is 10.6 Å². The van der Waals surface area contributed by atoms with E-state index in [1.807, 2.05) is 0 Å². The van der Waals surface area contributed by atoms with Crippen LogP contribution in [0.25, 0.3) is 0 Å². The molecule has 0 saturated heterocycles. The molecule has 0 aliphatic rings. The highest BCUT2D eigenvalue weighted by Gasteiger charge is 2.34. The van der Waals surface area contributed by atoms with Gasteiger partial charge in [-0.25, -0.2) is 0 Å². The molecule has 0 bridgehead atoms. The summed E-state index contributed by atoms with van der Waals surface area (Å²) in [6, 6.07) is 1.26. The SMILES string of the molecule is N[C@H](C(=O)O)c1ccc(Cl)c(C(F)(F)F)c1. The Hall–Kier alpha value is -1.27. The second kappa shape index (κ2) is 4.31. The van der Waals surface area contributed by atoms with E-state index < -0.39 is 28.8 Å². The third-order valence-electron chi connectivity index (χ3n) is 1.92. The molecule has 0 fully saturated rings. The van der Waals surface area contributed by atoms with Crippen molar-refractivity contribution in [2.24, 2.45) is 5.73 Å². The van der Waals surface area contributed by atoms with E-state index in [1.54, 1.807) is 0 Å². The van der Waals surface area contributed by atoms with Crippen molar-refractivity contribution < 1.29 is 23.1 Å². The number of aliphatic carboxylic acids is 1. The van der Waals surface area contributed by atoms with Crippen molar-refractivity contribution in [1.82, 2.24) is 0 Å². The summed E-state index contributed by atoms with van der Waals surface area (Å²) < 4.78 is 37.3. The van der Waals surface area contributed by atoms with Gasteiger partial charge >= 0.3 is 12.1 Å². The van der Waals surface area contributed by atoms with Crippen molar-refractivity contribution in [1.29, 1.82) is 0 Å². The average molecular weight is 254 g/mol. The molecule has 0 amide bonds. The van der Waals surface area contributed by atoms with E-state index in [1.165, 1.54) is 0 Å². The molecule has 3 nitrogen and oxygen atoms in total. The molecule has 0 unspecified atom stereocenters. The molecule has 7 heteroatoms. The van der Waals surface area contributed by atoms with Crippen molar-refractivity contribution in [2.75, 3.05) is 0 Å². The van der Waals surface area contributed by atoms with E-state index in [0.29, 0.717) is 6.07 Å². The lowest BCUT2D eigenvalue weighted by Crippen LogP contribution is -2.21. The van der Waals surface area contributed by atoms with Gasteiger partial charge in [0.1, 0.15) is 6.04 Å². The van der Waals surface area contributed by atoms with Crippen LogP contribution in [0.4, 0.5) is 13.2 Å². The Labute approximate surface area is 93.6 Å². The number of halogens is 4. The lowest BCUT2D eigenvalue weighted by Gasteiger charge is -2.12. The van der Waals surface area contributed by atoms with Gasteiger partial charge in [-0.05, 0) is 17.7 Å². The fraction of sp³-hybridized carbons (Fsp3) is 0.222. The molecule has 88 valence electrons. The molecule has 0 spiro atoms. The maximum absolute atomic E-state index is 12.4. The quantitative estimate of drug-likeness (QED) is 0.851. The number of rotatable bonds is 2. The number of nitrogens with two attached hydrogens (primary N) is 1. The van der Waals surface area contributed by atoms with Crippen LogP contribution in [0.15, 0.2) is 18.2 Å². The minimum Gasteiger partial charge on any atom is -0.480 e. The summed E-state index contributed by atoms with van der Waals surface area (Å²) in [6.07, 6.45) is -4.63. The highest BCUT2D eigenvalue weighted by Crippen LogP contribution is 2.35. The monoisotopic (exact) mass is 253 g/mol. The van der Waals surface area contributed by atoms with E-state index in [-0.39, 0.29) is 5.56 Å². The van der Waals surface area contributed by atoms with Crippen LogP contribution < -0.4 is 5.73 Å². The maximum Gasteiger partial charge on any atom is 0.417 e. The van der Waals surface area contributed by atoms with E-state index in [0.717, 1.165) is 12.1 Å². The molecule has 0 aromatic heterocycles. The largest absolute Gasteiger partial charge is 0.480 e. The zero-order chi connectivity index (χ0) is 12.5. The minimum absolute atomic E-state index is 0.149. The first-order chi connectivity index (χ1) is 7.23. The normalized spacial score (nSPS) is 13.6. The van der Waals surface area contributed by atoms with Gasteiger partial charge in [0.2, 0.25) is 0 Å². The van der Waals surface area contributed by atoms with E-state index in [2.05, 4.69) is 0 Å². The van der Waals surface area contributed by atoms with Crippen LogP contribution in [0, 0.1) is 0 Å². The summed E-state index contributed by atoms with van der Waals surface area (Å²) >= 11 is 5.36. The first-order valence-electron chi connectivity index (χ1n) is 4.08. The smallest absolute Gasteiger partial charge is 0.417 e. The first kappa shape index (κ1) is 12.8. The molecular weight excluding hydrogens is 247 g/mol. The standard InChI is InChI=1S/C9H7ClF3NO2/c10-6-2-1-4(7(14)8(15)16)3-5(6)9(11,12)13/h1-3,7H,14H2,(H,15,16)/t7-/m0/s1.